The molecule has 14 heavy (non-hydrogen) atoms. The monoisotopic (exact) mass is 220 g/mol. The molecule has 0 bridgehead atoms. The Morgan fingerprint density at radius 2 is 1.71 bits per heavy atom. The minimum absolute atomic E-state index is 0.183. The van der Waals surface area contributed by atoms with Crippen LogP contribution in [0.15, 0.2) is 0 Å². The average Bonchev–Trinajstić information content (AvgIpc) is 2.50. The van der Waals surface area contributed by atoms with Gasteiger partial charge in [0.05, 0.1) is 5.25 Å². The molecule has 0 aromatic rings. The second-order valence-electron chi connectivity index (χ2n) is 4.90. The Kier molecular flexibility index (Phi) is 2.58. The lowest BCUT2D eigenvalue weighted by atomic mass is 9.73. The van der Waals surface area contributed by atoms with Crippen molar-refractivity contribution < 1.29 is 12.3 Å². The molecule has 1 atom stereocenters. The first-order chi connectivity index (χ1) is 6.52. The van der Waals surface area contributed by atoms with Gasteiger partial charge in [-0.3, -0.25) is 0 Å². The second kappa shape index (κ2) is 3.47. The molecule has 0 aromatic carbocycles. The van der Waals surface area contributed by atoms with Crippen LogP contribution in [-0.4, -0.2) is 13.7 Å². The van der Waals surface area contributed by atoms with E-state index in [2.05, 4.69) is 0 Å². The normalized spacial score (nSPS) is 32.2. The van der Waals surface area contributed by atoms with Crippen LogP contribution in [0.1, 0.15) is 51.4 Å². The van der Waals surface area contributed by atoms with Gasteiger partial charge in [0, 0.05) is 0 Å². The molecule has 2 nitrogen and oxygen atoms in total. The Morgan fingerprint density at radius 3 is 2.21 bits per heavy atom. The van der Waals surface area contributed by atoms with Crippen LogP contribution < -0.4 is 0 Å². The Balaban J connectivity index is 2.06. The van der Waals surface area contributed by atoms with E-state index in [-0.39, 0.29) is 5.41 Å². The molecule has 0 aliphatic heterocycles. The van der Waals surface area contributed by atoms with Crippen LogP contribution in [0.3, 0.4) is 0 Å². The van der Waals surface area contributed by atoms with E-state index in [4.69, 9.17) is 0 Å². The number of hydrogen-bond acceptors (Lipinski definition) is 2. The van der Waals surface area contributed by atoms with E-state index < -0.39 is 15.5 Å². The summed E-state index contributed by atoms with van der Waals surface area (Å²) < 4.78 is 34.4. The molecule has 2 aliphatic carbocycles. The Labute approximate surface area is 85.1 Å². The van der Waals surface area contributed by atoms with E-state index in [1.54, 1.807) is 0 Å². The van der Waals surface area contributed by atoms with Gasteiger partial charge in [0.15, 0.2) is 0 Å². The van der Waals surface area contributed by atoms with E-state index in [9.17, 15) is 12.3 Å². The first-order valence-electron chi connectivity index (χ1n) is 5.45. The van der Waals surface area contributed by atoms with E-state index in [1.165, 1.54) is 19.3 Å². The summed E-state index contributed by atoms with van der Waals surface area (Å²) in [5.41, 5.74) is 0.183. The van der Waals surface area contributed by atoms with Gasteiger partial charge in [-0.15, -0.1) is 3.89 Å². The molecular formula is C10H17FO2S. The van der Waals surface area contributed by atoms with Gasteiger partial charge in [-0.25, -0.2) is 0 Å². The van der Waals surface area contributed by atoms with E-state index >= 15 is 0 Å². The molecule has 0 saturated heterocycles. The zero-order valence-corrected chi connectivity index (χ0v) is 9.15. The van der Waals surface area contributed by atoms with E-state index in [1.807, 2.05) is 0 Å². The molecule has 2 fully saturated rings. The van der Waals surface area contributed by atoms with Gasteiger partial charge in [-0.05, 0) is 37.5 Å². The Hall–Kier alpha value is -0.120. The summed E-state index contributed by atoms with van der Waals surface area (Å²) in [5, 5.41) is -0.694. The van der Waals surface area contributed by atoms with Crippen molar-refractivity contribution in [1.29, 1.82) is 0 Å². The number of rotatable bonds is 1. The molecule has 0 N–H and O–H groups in total. The maximum Gasteiger partial charge on any atom is 0.305 e. The average molecular weight is 220 g/mol. The lowest BCUT2D eigenvalue weighted by Gasteiger charge is -2.33. The van der Waals surface area contributed by atoms with Crippen molar-refractivity contribution in [1.82, 2.24) is 0 Å². The molecule has 1 unspecified atom stereocenters. The third-order valence-corrected chi connectivity index (χ3v) is 5.17. The molecule has 0 heterocycles. The first-order valence-corrected chi connectivity index (χ1v) is 6.90. The van der Waals surface area contributed by atoms with E-state index in [0.29, 0.717) is 12.8 Å². The molecule has 4 heteroatoms. The largest absolute Gasteiger partial charge is 0.305 e. The SMILES string of the molecule is O=S(=O)(F)C1CCC2(CCCCC2)C1. The van der Waals surface area contributed by atoms with E-state index in [0.717, 1.165) is 19.3 Å². The zero-order valence-electron chi connectivity index (χ0n) is 8.34. The van der Waals surface area contributed by atoms with Crippen molar-refractivity contribution in [2.75, 3.05) is 0 Å². The fourth-order valence-corrected chi connectivity index (χ4v) is 4.10. The van der Waals surface area contributed by atoms with Gasteiger partial charge < -0.3 is 0 Å². The fourth-order valence-electron chi connectivity index (χ4n) is 3.15. The van der Waals surface area contributed by atoms with Crippen LogP contribution >= 0.6 is 0 Å². The van der Waals surface area contributed by atoms with Crippen molar-refractivity contribution >= 4 is 10.2 Å². The topological polar surface area (TPSA) is 34.1 Å². The quantitative estimate of drug-likeness (QED) is 0.637. The molecule has 2 aliphatic rings. The number of hydrogen-bond donors (Lipinski definition) is 0. The summed E-state index contributed by atoms with van der Waals surface area (Å²) in [6.45, 7) is 0. The van der Waals surface area contributed by atoms with Gasteiger partial charge in [0.2, 0.25) is 0 Å². The minimum atomic E-state index is -4.28. The molecule has 0 radical (unpaired) electrons. The highest BCUT2D eigenvalue weighted by molar-refractivity contribution is 7.87. The first kappa shape index (κ1) is 10.4. The summed E-state index contributed by atoms with van der Waals surface area (Å²) in [6.07, 6.45) is 7.90. The van der Waals surface area contributed by atoms with Gasteiger partial charge in [-0.2, -0.15) is 8.42 Å². The maximum absolute atomic E-state index is 12.8. The van der Waals surface area contributed by atoms with Crippen LogP contribution in [0.5, 0.6) is 0 Å². The van der Waals surface area contributed by atoms with Gasteiger partial charge in [-0.1, -0.05) is 19.3 Å². The van der Waals surface area contributed by atoms with Crippen LogP contribution in [0, 0.1) is 5.41 Å². The lowest BCUT2D eigenvalue weighted by molar-refractivity contribution is 0.197. The van der Waals surface area contributed by atoms with Crippen molar-refractivity contribution in [2.24, 2.45) is 5.41 Å². The maximum atomic E-state index is 12.8. The van der Waals surface area contributed by atoms with Gasteiger partial charge >= 0.3 is 10.2 Å². The van der Waals surface area contributed by atoms with Crippen LogP contribution in [0.25, 0.3) is 0 Å². The smallest absolute Gasteiger partial charge is 0.195 e. The highest BCUT2D eigenvalue weighted by atomic mass is 32.3. The molecule has 1 spiro atoms. The van der Waals surface area contributed by atoms with Gasteiger partial charge in [0.25, 0.3) is 0 Å². The summed E-state index contributed by atoms with van der Waals surface area (Å²) in [5.74, 6) is 0. The standard InChI is InChI=1S/C10H17FO2S/c11-14(12,13)9-4-7-10(8-9)5-2-1-3-6-10/h9H,1-8H2. The fraction of sp³-hybridized carbons (Fsp3) is 1.00. The highest BCUT2D eigenvalue weighted by Gasteiger charge is 2.44. The lowest BCUT2D eigenvalue weighted by Crippen LogP contribution is -2.23. The molecule has 2 rings (SSSR count). The minimum Gasteiger partial charge on any atom is -0.195 e. The van der Waals surface area contributed by atoms with Crippen molar-refractivity contribution in [2.45, 2.75) is 56.6 Å². The van der Waals surface area contributed by atoms with Crippen LogP contribution in [0.2, 0.25) is 0 Å². The highest BCUT2D eigenvalue weighted by Crippen LogP contribution is 2.50. The Bertz CT molecular complexity index is 304. The van der Waals surface area contributed by atoms with Crippen molar-refractivity contribution in [3.8, 4) is 0 Å². The Morgan fingerprint density at radius 1 is 1.07 bits per heavy atom. The van der Waals surface area contributed by atoms with Crippen LogP contribution in [0.4, 0.5) is 3.89 Å². The molecule has 0 amide bonds. The third-order valence-electron chi connectivity index (χ3n) is 3.97. The predicted molar refractivity (Wildman–Crippen MR) is 53.2 cm³/mol. The van der Waals surface area contributed by atoms with Gasteiger partial charge in [0.1, 0.15) is 0 Å². The second-order valence-corrected chi connectivity index (χ2v) is 6.52. The summed E-state index contributed by atoms with van der Waals surface area (Å²) in [4.78, 5) is 0. The summed E-state index contributed by atoms with van der Waals surface area (Å²) in [6, 6.07) is 0. The molecule has 82 valence electrons. The summed E-state index contributed by atoms with van der Waals surface area (Å²) in [7, 11) is -4.28. The molecule has 2 saturated carbocycles. The van der Waals surface area contributed by atoms with Crippen molar-refractivity contribution in [3.63, 3.8) is 0 Å². The summed E-state index contributed by atoms with van der Waals surface area (Å²) >= 11 is 0. The van der Waals surface area contributed by atoms with Crippen LogP contribution in [-0.2, 0) is 10.2 Å². The number of halogens is 1. The van der Waals surface area contributed by atoms with Crippen molar-refractivity contribution in [3.05, 3.63) is 0 Å². The third kappa shape index (κ3) is 1.95. The molecule has 0 aromatic heterocycles. The predicted octanol–water partition coefficient (Wildman–Crippen LogP) is 2.79. The zero-order chi connectivity index (χ0) is 10.2. The molecular weight excluding hydrogens is 203 g/mol.